The molecular weight excluding hydrogens is 312 g/mol. The van der Waals surface area contributed by atoms with Crippen molar-refractivity contribution in [2.24, 2.45) is 11.5 Å². The van der Waals surface area contributed by atoms with Crippen LogP contribution in [0.5, 0.6) is 0 Å². The van der Waals surface area contributed by atoms with Crippen molar-refractivity contribution in [2.45, 2.75) is 70.2 Å². The Hall–Kier alpha value is -1.51. The molecule has 1 rings (SSSR count). The van der Waals surface area contributed by atoms with Crippen molar-refractivity contribution in [3.8, 4) is 0 Å². The van der Waals surface area contributed by atoms with E-state index in [1.165, 1.54) is 0 Å². The molecule has 6 N–H and O–H groups in total. The minimum absolute atomic E-state index is 0.161. The second kappa shape index (κ2) is 10.4. The summed E-state index contributed by atoms with van der Waals surface area (Å²) in [5.41, 5.74) is 11.3. The van der Waals surface area contributed by atoms with Crippen LogP contribution in [-0.2, 0) is 14.3 Å². The lowest BCUT2D eigenvalue weighted by Gasteiger charge is -2.22. The van der Waals surface area contributed by atoms with Gasteiger partial charge in [-0.1, -0.05) is 6.42 Å². The minimum atomic E-state index is -1.47. The topological polar surface area (TPSA) is 137 Å². The zero-order valence-electron chi connectivity index (χ0n) is 14.5. The highest BCUT2D eigenvalue weighted by atomic mass is 16.6. The van der Waals surface area contributed by atoms with E-state index in [4.69, 9.17) is 16.2 Å². The monoisotopic (exact) mass is 342 g/mol. The third kappa shape index (κ3) is 6.54. The average molecular weight is 342 g/mol. The minimum Gasteiger partial charge on any atom is -0.430 e. The molecule has 0 aliphatic carbocycles. The predicted octanol–water partition coefficient (Wildman–Crippen LogP) is -0.164. The Morgan fingerprint density at radius 3 is 2.54 bits per heavy atom. The van der Waals surface area contributed by atoms with Crippen molar-refractivity contribution in [3.05, 3.63) is 0 Å². The molecule has 0 spiro atoms. The summed E-state index contributed by atoms with van der Waals surface area (Å²) in [5, 5.41) is 5.55. The fourth-order valence-corrected chi connectivity index (χ4v) is 2.59. The van der Waals surface area contributed by atoms with E-state index in [9.17, 15) is 14.4 Å². The number of ether oxygens (including phenoxy) is 1. The maximum atomic E-state index is 12.6. The van der Waals surface area contributed by atoms with Gasteiger partial charge in [-0.15, -0.1) is 0 Å². The molecule has 1 aliphatic heterocycles. The van der Waals surface area contributed by atoms with Crippen molar-refractivity contribution in [1.82, 2.24) is 10.6 Å². The molecule has 0 aromatic heterocycles. The number of hydrogen-bond donors (Lipinski definition) is 4. The van der Waals surface area contributed by atoms with E-state index in [0.29, 0.717) is 32.4 Å². The number of amides is 1. The van der Waals surface area contributed by atoms with E-state index >= 15 is 0 Å². The molecule has 1 unspecified atom stereocenters. The first-order chi connectivity index (χ1) is 11.4. The number of hydrogen-bond acceptors (Lipinski definition) is 7. The third-order valence-electron chi connectivity index (χ3n) is 3.89. The number of alkyl carbamates (subject to hydrolysis) is 1. The molecule has 24 heavy (non-hydrogen) atoms. The van der Waals surface area contributed by atoms with Gasteiger partial charge in [0.25, 0.3) is 0 Å². The summed E-state index contributed by atoms with van der Waals surface area (Å²) in [4.78, 5) is 37.0. The first kappa shape index (κ1) is 20.5. The largest absolute Gasteiger partial charge is 0.430 e. The van der Waals surface area contributed by atoms with Gasteiger partial charge in [0, 0.05) is 6.04 Å². The number of carbonyl (C=O) groups is 3. The van der Waals surface area contributed by atoms with Crippen LogP contribution in [0.15, 0.2) is 0 Å². The Morgan fingerprint density at radius 1 is 1.29 bits per heavy atom. The van der Waals surface area contributed by atoms with Crippen LogP contribution in [0.25, 0.3) is 0 Å². The molecule has 0 radical (unpaired) electrons. The van der Waals surface area contributed by atoms with E-state index in [-0.39, 0.29) is 6.04 Å². The van der Waals surface area contributed by atoms with Gasteiger partial charge in [-0.3, -0.25) is 9.59 Å². The zero-order chi connectivity index (χ0) is 18.1. The maximum Gasteiger partial charge on any atom is 0.408 e. The highest BCUT2D eigenvalue weighted by Crippen LogP contribution is 2.13. The van der Waals surface area contributed by atoms with Crippen LogP contribution < -0.4 is 22.1 Å². The van der Waals surface area contributed by atoms with Crippen LogP contribution in [0.2, 0.25) is 0 Å². The van der Waals surface area contributed by atoms with Gasteiger partial charge in [-0.25, -0.2) is 4.79 Å². The molecule has 0 aromatic rings. The quantitative estimate of drug-likeness (QED) is 0.320. The number of rotatable bonds is 10. The molecule has 8 heteroatoms. The predicted molar refractivity (Wildman–Crippen MR) is 90.5 cm³/mol. The van der Waals surface area contributed by atoms with Crippen molar-refractivity contribution >= 4 is 17.7 Å². The van der Waals surface area contributed by atoms with Crippen molar-refractivity contribution < 1.29 is 19.1 Å². The molecule has 1 aliphatic rings. The summed E-state index contributed by atoms with van der Waals surface area (Å²) in [6.45, 7) is 4.74. The number of nitrogens with one attached hydrogen (secondary N) is 2. The first-order valence-corrected chi connectivity index (χ1v) is 8.60. The summed E-state index contributed by atoms with van der Waals surface area (Å²) in [7, 11) is 0. The number of nitrogens with two attached hydrogens (primary N) is 2. The lowest BCUT2D eigenvalue weighted by Crippen LogP contribution is -2.51. The summed E-state index contributed by atoms with van der Waals surface area (Å²) in [6.07, 6.45) is 1.06. The second-order valence-electron chi connectivity index (χ2n) is 6.43. The van der Waals surface area contributed by atoms with Crippen molar-refractivity contribution in [3.63, 3.8) is 0 Å². The van der Waals surface area contributed by atoms with Crippen LogP contribution in [0.1, 0.15) is 46.0 Å². The molecule has 1 fully saturated rings. The highest BCUT2D eigenvalue weighted by Gasteiger charge is 2.38. The molecule has 0 aromatic carbocycles. The van der Waals surface area contributed by atoms with Crippen molar-refractivity contribution in [1.29, 1.82) is 0 Å². The van der Waals surface area contributed by atoms with Gasteiger partial charge in [-0.05, 0) is 52.6 Å². The van der Waals surface area contributed by atoms with E-state index in [1.54, 1.807) is 13.8 Å². The van der Waals surface area contributed by atoms with Crippen LogP contribution in [0.3, 0.4) is 0 Å². The van der Waals surface area contributed by atoms with Gasteiger partial charge in [0.2, 0.25) is 6.10 Å². The van der Waals surface area contributed by atoms with Gasteiger partial charge in [0.1, 0.15) is 0 Å². The SMILES string of the molecule is CC(C)NC(=O)OC(C(=O)[C@@H](N)CCCCN)C(=O)[C@H]1CCCN1. The molecule has 3 atom stereocenters. The normalized spacial score (nSPS) is 19.8. The Morgan fingerprint density at radius 2 is 2.00 bits per heavy atom. The summed E-state index contributed by atoms with van der Waals surface area (Å²) >= 11 is 0. The second-order valence-corrected chi connectivity index (χ2v) is 6.43. The lowest BCUT2D eigenvalue weighted by atomic mass is 9.96. The molecular formula is C16H30N4O4. The number of unbranched alkanes of at least 4 members (excludes halogenated alkanes) is 1. The van der Waals surface area contributed by atoms with Gasteiger partial charge in [-0.2, -0.15) is 0 Å². The zero-order valence-corrected chi connectivity index (χ0v) is 14.5. The maximum absolute atomic E-state index is 12.6. The fourth-order valence-electron chi connectivity index (χ4n) is 2.59. The van der Waals surface area contributed by atoms with Gasteiger partial charge < -0.3 is 26.8 Å². The lowest BCUT2D eigenvalue weighted by molar-refractivity contribution is -0.140. The first-order valence-electron chi connectivity index (χ1n) is 8.60. The average Bonchev–Trinajstić information content (AvgIpc) is 3.05. The molecule has 8 nitrogen and oxygen atoms in total. The highest BCUT2D eigenvalue weighted by molar-refractivity contribution is 6.10. The number of carbonyl (C=O) groups excluding carboxylic acids is 3. The standard InChI is InChI=1S/C16H30N4O4/c1-10(2)20-16(23)24-15(14(22)12-7-5-9-19-12)13(21)11(18)6-3-4-8-17/h10-12,15,19H,3-9,17-18H2,1-2H3,(H,20,23)/t11-,12+,15?/m0/s1. The third-order valence-corrected chi connectivity index (χ3v) is 3.89. The van der Waals surface area contributed by atoms with E-state index < -0.39 is 35.8 Å². The molecule has 1 saturated heterocycles. The van der Waals surface area contributed by atoms with Gasteiger partial charge in [0.05, 0.1) is 12.1 Å². The molecule has 138 valence electrons. The van der Waals surface area contributed by atoms with Crippen LogP contribution in [-0.4, -0.2) is 55.0 Å². The van der Waals surface area contributed by atoms with Gasteiger partial charge >= 0.3 is 6.09 Å². The smallest absolute Gasteiger partial charge is 0.408 e. The number of ketones is 2. The molecule has 1 amide bonds. The van der Waals surface area contributed by atoms with Gasteiger partial charge in [0.15, 0.2) is 11.6 Å². The Bertz CT molecular complexity index is 436. The van der Waals surface area contributed by atoms with Crippen LogP contribution in [0, 0.1) is 0 Å². The van der Waals surface area contributed by atoms with E-state index in [0.717, 1.165) is 12.8 Å². The fraction of sp³-hybridized carbons (Fsp3) is 0.812. The summed E-state index contributed by atoms with van der Waals surface area (Å²) < 4.78 is 5.13. The van der Waals surface area contributed by atoms with E-state index in [2.05, 4.69) is 10.6 Å². The summed E-state index contributed by atoms with van der Waals surface area (Å²) in [6, 6.07) is -1.48. The Labute approximate surface area is 143 Å². The molecule has 0 saturated carbocycles. The Balaban J connectivity index is 2.76. The number of Topliss-reactive ketones (excluding diaryl/α,β-unsaturated/α-hetero) is 2. The van der Waals surface area contributed by atoms with Crippen LogP contribution >= 0.6 is 0 Å². The molecule has 0 bridgehead atoms. The Kier molecular flexibility index (Phi) is 8.88. The van der Waals surface area contributed by atoms with E-state index in [1.807, 2.05) is 0 Å². The van der Waals surface area contributed by atoms with Crippen molar-refractivity contribution in [2.75, 3.05) is 13.1 Å². The molecule has 1 heterocycles. The summed E-state index contributed by atoms with van der Waals surface area (Å²) in [5.74, 6) is -0.977. The van der Waals surface area contributed by atoms with Crippen LogP contribution in [0.4, 0.5) is 4.79 Å².